The summed E-state index contributed by atoms with van der Waals surface area (Å²) in [5.41, 5.74) is 1.27. The minimum absolute atomic E-state index is 0.0755. The van der Waals surface area contributed by atoms with Crippen LogP contribution in [0.5, 0.6) is 0 Å². The zero-order chi connectivity index (χ0) is 16.8. The van der Waals surface area contributed by atoms with E-state index in [0.29, 0.717) is 31.9 Å². The van der Waals surface area contributed by atoms with Gasteiger partial charge < -0.3 is 14.9 Å². The maximum absolute atomic E-state index is 12.0. The number of carbonyl (C=O) groups excluding carboxylic acids is 1. The van der Waals surface area contributed by atoms with Crippen molar-refractivity contribution in [3.8, 4) is 0 Å². The highest BCUT2D eigenvalue weighted by Gasteiger charge is 2.55. The first-order valence-electron chi connectivity index (χ1n) is 7.90. The number of hydrogen-bond donors (Lipinski definition) is 1. The third-order valence-electron chi connectivity index (χ3n) is 5.25. The predicted octanol–water partition coefficient (Wildman–Crippen LogP) is 0.995. The van der Waals surface area contributed by atoms with Gasteiger partial charge in [-0.1, -0.05) is 0 Å². The molecule has 2 saturated heterocycles. The van der Waals surface area contributed by atoms with E-state index in [0.717, 1.165) is 11.4 Å². The van der Waals surface area contributed by atoms with E-state index in [1.165, 1.54) is 0 Å². The number of nitrogens with zero attached hydrogens (tertiary/aromatic N) is 4. The lowest BCUT2D eigenvalue weighted by Gasteiger charge is -2.45. The van der Waals surface area contributed by atoms with Crippen LogP contribution < -0.4 is 4.90 Å². The SMILES string of the molecule is Cc1cc(C)nc(N2CCC3(CC2)[C@H](C(=O)O)CC(=O)N3C)n1. The summed E-state index contributed by atoms with van der Waals surface area (Å²) in [7, 11) is 1.73. The van der Waals surface area contributed by atoms with E-state index in [2.05, 4.69) is 14.9 Å². The molecule has 7 heteroatoms. The van der Waals surface area contributed by atoms with E-state index < -0.39 is 17.4 Å². The minimum Gasteiger partial charge on any atom is -0.481 e. The number of piperidine rings is 1. The molecular weight excluding hydrogens is 296 g/mol. The summed E-state index contributed by atoms with van der Waals surface area (Å²) in [4.78, 5) is 36.3. The molecule has 2 aliphatic rings. The lowest BCUT2D eigenvalue weighted by Crippen LogP contribution is -2.56. The van der Waals surface area contributed by atoms with Gasteiger partial charge in [0.25, 0.3) is 0 Å². The second-order valence-electron chi connectivity index (χ2n) is 6.59. The summed E-state index contributed by atoms with van der Waals surface area (Å²) >= 11 is 0. The third kappa shape index (κ3) is 2.54. The highest BCUT2D eigenvalue weighted by molar-refractivity contribution is 5.88. The number of likely N-dealkylation sites (tertiary alicyclic amines) is 1. The van der Waals surface area contributed by atoms with Crippen LogP contribution in [0.15, 0.2) is 6.07 Å². The van der Waals surface area contributed by atoms with Gasteiger partial charge in [-0.3, -0.25) is 9.59 Å². The van der Waals surface area contributed by atoms with Crippen LogP contribution in [-0.2, 0) is 9.59 Å². The first-order valence-corrected chi connectivity index (χ1v) is 7.90. The predicted molar refractivity (Wildman–Crippen MR) is 84.2 cm³/mol. The zero-order valence-electron chi connectivity index (χ0n) is 13.7. The number of aliphatic carboxylic acids is 1. The summed E-state index contributed by atoms with van der Waals surface area (Å²) in [6.07, 6.45) is 1.36. The molecule has 23 heavy (non-hydrogen) atoms. The largest absolute Gasteiger partial charge is 0.481 e. The van der Waals surface area contributed by atoms with Gasteiger partial charge >= 0.3 is 5.97 Å². The van der Waals surface area contributed by atoms with Gasteiger partial charge in [0.1, 0.15) is 0 Å². The average Bonchev–Trinajstić information content (AvgIpc) is 2.73. The van der Waals surface area contributed by atoms with Crippen molar-refractivity contribution in [1.82, 2.24) is 14.9 Å². The quantitative estimate of drug-likeness (QED) is 0.875. The van der Waals surface area contributed by atoms with Crippen LogP contribution in [0, 0.1) is 19.8 Å². The Morgan fingerprint density at radius 2 is 1.83 bits per heavy atom. The van der Waals surface area contributed by atoms with Crippen molar-refractivity contribution in [2.24, 2.45) is 5.92 Å². The lowest BCUT2D eigenvalue weighted by molar-refractivity contribution is -0.145. The molecule has 7 nitrogen and oxygen atoms in total. The Hall–Kier alpha value is -2.18. The van der Waals surface area contributed by atoms with Crippen LogP contribution in [0.3, 0.4) is 0 Å². The van der Waals surface area contributed by atoms with Crippen molar-refractivity contribution < 1.29 is 14.7 Å². The molecule has 2 fully saturated rings. The summed E-state index contributed by atoms with van der Waals surface area (Å²) < 4.78 is 0. The molecule has 2 aliphatic heterocycles. The van der Waals surface area contributed by atoms with E-state index in [1.807, 2.05) is 19.9 Å². The van der Waals surface area contributed by atoms with Crippen molar-refractivity contribution in [3.63, 3.8) is 0 Å². The molecule has 3 heterocycles. The van der Waals surface area contributed by atoms with Crippen molar-refractivity contribution in [3.05, 3.63) is 17.5 Å². The lowest BCUT2D eigenvalue weighted by atomic mass is 9.77. The number of carbonyl (C=O) groups is 2. The molecule has 1 N–H and O–H groups in total. The summed E-state index contributed by atoms with van der Waals surface area (Å²) in [6.45, 7) is 5.19. The number of hydrogen-bond acceptors (Lipinski definition) is 5. The van der Waals surface area contributed by atoms with E-state index in [9.17, 15) is 14.7 Å². The van der Waals surface area contributed by atoms with Crippen LogP contribution in [0.25, 0.3) is 0 Å². The van der Waals surface area contributed by atoms with Crippen LogP contribution in [0.1, 0.15) is 30.7 Å². The Kier molecular flexibility index (Phi) is 3.74. The molecule has 3 rings (SSSR count). The fraction of sp³-hybridized carbons (Fsp3) is 0.625. The van der Waals surface area contributed by atoms with Gasteiger partial charge in [0.2, 0.25) is 11.9 Å². The van der Waals surface area contributed by atoms with Crippen LogP contribution >= 0.6 is 0 Å². The Labute approximate surface area is 135 Å². The Balaban J connectivity index is 1.82. The number of anilines is 1. The Bertz CT molecular complexity index is 632. The fourth-order valence-electron chi connectivity index (χ4n) is 3.93. The van der Waals surface area contributed by atoms with E-state index >= 15 is 0 Å². The molecule has 0 unspecified atom stereocenters. The number of carboxylic acid groups (broad SMARTS) is 1. The normalized spacial score (nSPS) is 23.6. The van der Waals surface area contributed by atoms with Gasteiger partial charge in [-0.15, -0.1) is 0 Å². The average molecular weight is 318 g/mol. The van der Waals surface area contributed by atoms with Crippen LogP contribution in [0.2, 0.25) is 0 Å². The number of aryl methyl sites for hydroxylation is 2. The van der Waals surface area contributed by atoms with Gasteiger partial charge in [0, 0.05) is 37.9 Å². The molecular formula is C16H22N4O3. The second-order valence-corrected chi connectivity index (χ2v) is 6.59. The highest BCUT2D eigenvalue weighted by atomic mass is 16.4. The molecule has 0 aliphatic carbocycles. The van der Waals surface area contributed by atoms with Gasteiger partial charge in [0.05, 0.1) is 11.5 Å². The first-order chi connectivity index (χ1) is 10.8. The van der Waals surface area contributed by atoms with Crippen molar-refractivity contribution in [2.75, 3.05) is 25.0 Å². The fourth-order valence-corrected chi connectivity index (χ4v) is 3.93. The number of aromatic nitrogens is 2. The maximum Gasteiger partial charge on any atom is 0.309 e. The van der Waals surface area contributed by atoms with Crippen LogP contribution in [0.4, 0.5) is 5.95 Å². The number of rotatable bonds is 2. The van der Waals surface area contributed by atoms with Gasteiger partial charge in [0.15, 0.2) is 0 Å². The monoisotopic (exact) mass is 318 g/mol. The molecule has 0 bridgehead atoms. The topological polar surface area (TPSA) is 86.6 Å². The molecule has 0 aromatic carbocycles. The third-order valence-corrected chi connectivity index (χ3v) is 5.25. The van der Waals surface area contributed by atoms with Crippen LogP contribution in [-0.4, -0.2) is 57.5 Å². The molecule has 1 spiro atoms. The second kappa shape index (κ2) is 5.47. The highest BCUT2D eigenvalue weighted by Crippen LogP contribution is 2.43. The van der Waals surface area contributed by atoms with E-state index in [1.54, 1.807) is 11.9 Å². The van der Waals surface area contributed by atoms with Crippen molar-refractivity contribution in [1.29, 1.82) is 0 Å². The first kappa shape index (κ1) is 15.7. The van der Waals surface area contributed by atoms with E-state index in [-0.39, 0.29) is 12.3 Å². The van der Waals surface area contributed by atoms with E-state index in [4.69, 9.17) is 0 Å². The van der Waals surface area contributed by atoms with Gasteiger partial charge in [-0.2, -0.15) is 0 Å². The molecule has 124 valence electrons. The van der Waals surface area contributed by atoms with Gasteiger partial charge in [-0.25, -0.2) is 9.97 Å². The number of carboxylic acids is 1. The zero-order valence-corrected chi connectivity index (χ0v) is 13.7. The molecule has 0 saturated carbocycles. The van der Waals surface area contributed by atoms with Crippen molar-refractivity contribution >= 4 is 17.8 Å². The molecule has 1 aromatic rings. The van der Waals surface area contributed by atoms with Crippen molar-refractivity contribution in [2.45, 2.75) is 38.6 Å². The standard InChI is InChI=1S/C16H22N4O3/c1-10-8-11(2)18-15(17-10)20-6-4-16(5-7-20)12(14(22)23)9-13(21)19(16)3/h8,12H,4-7,9H2,1-3H3,(H,22,23)/t12-/m0/s1. The molecule has 1 amide bonds. The molecule has 1 atom stereocenters. The summed E-state index contributed by atoms with van der Waals surface area (Å²) in [5, 5.41) is 9.50. The number of amides is 1. The minimum atomic E-state index is -0.876. The van der Waals surface area contributed by atoms with Gasteiger partial charge in [-0.05, 0) is 32.8 Å². The Morgan fingerprint density at radius 1 is 1.26 bits per heavy atom. The summed E-state index contributed by atoms with van der Waals surface area (Å²) in [6, 6.07) is 1.93. The maximum atomic E-state index is 12.0. The molecule has 1 aromatic heterocycles. The summed E-state index contributed by atoms with van der Waals surface area (Å²) in [5.74, 6) is -0.884. The smallest absolute Gasteiger partial charge is 0.309 e. The molecule has 0 radical (unpaired) electrons. The Morgan fingerprint density at radius 3 is 2.35 bits per heavy atom.